The van der Waals surface area contributed by atoms with Crippen molar-refractivity contribution in [3.63, 3.8) is 0 Å². The molecule has 0 bridgehead atoms. The van der Waals surface area contributed by atoms with Crippen molar-refractivity contribution in [2.24, 2.45) is 0 Å². The highest BCUT2D eigenvalue weighted by molar-refractivity contribution is 5.68. The van der Waals surface area contributed by atoms with E-state index in [1.54, 1.807) is 4.90 Å². The Morgan fingerprint density at radius 3 is 2.68 bits per heavy atom. The zero-order valence-corrected chi connectivity index (χ0v) is 14.9. The van der Waals surface area contributed by atoms with Crippen molar-refractivity contribution in [2.75, 3.05) is 13.1 Å². The molecule has 3 heterocycles. The van der Waals surface area contributed by atoms with Crippen molar-refractivity contribution in [3.05, 3.63) is 23.0 Å². The molecule has 2 aromatic heterocycles. The van der Waals surface area contributed by atoms with Crippen LogP contribution in [0.1, 0.15) is 56.4 Å². The maximum absolute atomic E-state index is 12.3. The summed E-state index contributed by atoms with van der Waals surface area (Å²) in [7, 11) is 0. The molecular weight excluding hydrogens is 320 g/mol. The van der Waals surface area contributed by atoms with Gasteiger partial charge in [-0.2, -0.15) is 9.61 Å². The van der Waals surface area contributed by atoms with Crippen LogP contribution in [0.4, 0.5) is 4.79 Å². The average Bonchev–Trinajstić information content (AvgIpc) is 3.30. The highest BCUT2D eigenvalue weighted by Crippen LogP contribution is 2.42. The van der Waals surface area contributed by atoms with E-state index in [2.05, 4.69) is 5.10 Å². The molecular formula is C18H24N4O3. The fourth-order valence-corrected chi connectivity index (χ4v) is 3.33. The highest BCUT2D eigenvalue weighted by atomic mass is 16.6. The summed E-state index contributed by atoms with van der Waals surface area (Å²) in [5.74, 6) is 0.671. The number of hydrogen-bond acceptors (Lipinski definition) is 5. The van der Waals surface area contributed by atoms with Crippen LogP contribution < -0.4 is 0 Å². The van der Waals surface area contributed by atoms with Gasteiger partial charge in [-0.3, -0.25) is 0 Å². The molecule has 4 rings (SSSR count). The van der Waals surface area contributed by atoms with Gasteiger partial charge in [0.05, 0.1) is 11.9 Å². The average molecular weight is 344 g/mol. The van der Waals surface area contributed by atoms with Gasteiger partial charge in [0.2, 0.25) is 5.88 Å². The Hall–Kier alpha value is -2.31. The summed E-state index contributed by atoms with van der Waals surface area (Å²) in [6.07, 6.45) is 4.98. The lowest BCUT2D eigenvalue weighted by Crippen LogP contribution is -2.38. The van der Waals surface area contributed by atoms with Crippen molar-refractivity contribution in [1.82, 2.24) is 19.5 Å². The van der Waals surface area contributed by atoms with E-state index >= 15 is 0 Å². The largest absolute Gasteiger partial charge is 0.493 e. The first-order chi connectivity index (χ1) is 11.8. The summed E-state index contributed by atoms with van der Waals surface area (Å²) >= 11 is 0. The monoisotopic (exact) mass is 344 g/mol. The molecule has 134 valence electrons. The Morgan fingerprint density at radius 1 is 1.28 bits per heavy atom. The standard InChI is InChI=1S/C18H24N4O3/c1-18(2,3)25-17(24)21-8-6-12-14(7-9-21)20-15-13(11-4-5-11)10-19-22(15)16(12)23/h10-11,23H,4-9H2,1-3H3. The van der Waals surface area contributed by atoms with Gasteiger partial charge in [-0.05, 0) is 46.0 Å². The number of rotatable bonds is 1. The first-order valence-electron chi connectivity index (χ1n) is 8.90. The maximum Gasteiger partial charge on any atom is 0.410 e. The minimum Gasteiger partial charge on any atom is -0.493 e. The van der Waals surface area contributed by atoms with E-state index in [9.17, 15) is 9.90 Å². The number of carbonyl (C=O) groups is 1. The van der Waals surface area contributed by atoms with Crippen LogP contribution in [0.25, 0.3) is 5.65 Å². The molecule has 0 unspecified atom stereocenters. The fourth-order valence-electron chi connectivity index (χ4n) is 3.33. The molecule has 0 aromatic carbocycles. The molecule has 2 aromatic rings. The van der Waals surface area contributed by atoms with E-state index in [4.69, 9.17) is 9.72 Å². The number of aromatic nitrogens is 3. The summed E-state index contributed by atoms with van der Waals surface area (Å²) in [5, 5.41) is 15.0. The summed E-state index contributed by atoms with van der Waals surface area (Å²) in [5.41, 5.74) is 2.99. The lowest BCUT2D eigenvalue weighted by atomic mass is 10.1. The summed E-state index contributed by atoms with van der Waals surface area (Å²) in [6.45, 7) is 6.62. The molecule has 2 aliphatic rings. The Balaban J connectivity index is 1.62. The van der Waals surface area contributed by atoms with E-state index in [0.29, 0.717) is 31.8 Å². The number of hydrogen-bond donors (Lipinski definition) is 1. The Kier molecular flexibility index (Phi) is 3.63. The molecule has 1 amide bonds. The molecule has 0 saturated heterocycles. The minimum absolute atomic E-state index is 0.151. The number of ether oxygens (including phenoxy) is 1. The molecule has 1 aliphatic carbocycles. The topological polar surface area (TPSA) is 80.0 Å². The SMILES string of the molecule is CC(C)(C)OC(=O)N1CCc2nc3c(C4CC4)cnn3c(O)c2CC1. The number of amides is 1. The van der Waals surface area contributed by atoms with Crippen molar-refractivity contribution in [2.45, 2.75) is 58.0 Å². The van der Waals surface area contributed by atoms with E-state index in [0.717, 1.165) is 35.3 Å². The van der Waals surface area contributed by atoms with Crippen LogP contribution in [0.5, 0.6) is 5.88 Å². The second-order valence-corrected chi connectivity index (χ2v) is 7.94. The number of fused-ring (bicyclic) bond motifs is 2. The lowest BCUT2D eigenvalue weighted by Gasteiger charge is -2.26. The predicted octanol–water partition coefficient (Wildman–Crippen LogP) is 2.65. The quantitative estimate of drug-likeness (QED) is 0.860. The van der Waals surface area contributed by atoms with Crippen LogP contribution >= 0.6 is 0 Å². The van der Waals surface area contributed by atoms with Crippen LogP contribution in [-0.2, 0) is 17.6 Å². The smallest absolute Gasteiger partial charge is 0.410 e. The van der Waals surface area contributed by atoms with Crippen LogP contribution in [-0.4, -0.2) is 49.4 Å². The van der Waals surface area contributed by atoms with Crippen molar-refractivity contribution >= 4 is 11.7 Å². The van der Waals surface area contributed by atoms with Crippen molar-refractivity contribution < 1.29 is 14.6 Å². The van der Waals surface area contributed by atoms with Gasteiger partial charge < -0.3 is 14.7 Å². The van der Waals surface area contributed by atoms with Crippen molar-refractivity contribution in [1.29, 1.82) is 0 Å². The predicted molar refractivity (Wildman–Crippen MR) is 91.8 cm³/mol. The second kappa shape index (κ2) is 5.61. The molecule has 1 N–H and O–H groups in total. The minimum atomic E-state index is -0.517. The zero-order chi connectivity index (χ0) is 17.8. The van der Waals surface area contributed by atoms with Gasteiger partial charge in [-0.15, -0.1) is 0 Å². The lowest BCUT2D eigenvalue weighted by molar-refractivity contribution is 0.0258. The van der Waals surface area contributed by atoms with Gasteiger partial charge in [0.15, 0.2) is 5.65 Å². The molecule has 0 radical (unpaired) electrons. The van der Waals surface area contributed by atoms with Gasteiger partial charge in [0.1, 0.15) is 5.60 Å². The Morgan fingerprint density at radius 2 is 2.00 bits per heavy atom. The number of nitrogens with zero attached hydrogens (tertiary/aromatic N) is 4. The van der Waals surface area contributed by atoms with Gasteiger partial charge in [0.25, 0.3) is 0 Å². The summed E-state index contributed by atoms with van der Waals surface area (Å²) in [4.78, 5) is 18.8. The molecule has 25 heavy (non-hydrogen) atoms. The molecule has 7 heteroatoms. The molecule has 1 fully saturated rings. The summed E-state index contributed by atoms with van der Waals surface area (Å²) < 4.78 is 7.01. The normalized spacial score (nSPS) is 18.1. The third kappa shape index (κ3) is 3.03. The van der Waals surface area contributed by atoms with Crippen LogP contribution in [0.15, 0.2) is 6.20 Å². The molecule has 0 atom stereocenters. The first-order valence-corrected chi connectivity index (χ1v) is 8.90. The third-order valence-corrected chi connectivity index (χ3v) is 4.75. The highest BCUT2D eigenvalue weighted by Gasteiger charge is 2.31. The van der Waals surface area contributed by atoms with Gasteiger partial charge in [-0.1, -0.05) is 0 Å². The molecule has 7 nitrogen and oxygen atoms in total. The number of carbonyl (C=O) groups excluding carboxylic acids is 1. The molecule has 1 saturated carbocycles. The van der Waals surface area contributed by atoms with E-state index in [1.165, 1.54) is 4.52 Å². The van der Waals surface area contributed by atoms with Crippen LogP contribution in [0.3, 0.4) is 0 Å². The first kappa shape index (κ1) is 16.2. The van der Waals surface area contributed by atoms with Gasteiger partial charge >= 0.3 is 6.09 Å². The van der Waals surface area contributed by atoms with E-state index < -0.39 is 5.60 Å². The third-order valence-electron chi connectivity index (χ3n) is 4.75. The van der Waals surface area contributed by atoms with E-state index in [1.807, 2.05) is 27.0 Å². The van der Waals surface area contributed by atoms with Crippen LogP contribution in [0.2, 0.25) is 0 Å². The molecule has 0 spiro atoms. The van der Waals surface area contributed by atoms with E-state index in [-0.39, 0.29) is 12.0 Å². The second-order valence-electron chi connectivity index (χ2n) is 7.94. The van der Waals surface area contributed by atoms with Gasteiger partial charge in [-0.25, -0.2) is 9.78 Å². The van der Waals surface area contributed by atoms with Crippen molar-refractivity contribution in [3.8, 4) is 5.88 Å². The maximum atomic E-state index is 12.3. The Bertz CT molecular complexity index is 833. The number of aromatic hydroxyl groups is 1. The molecule has 1 aliphatic heterocycles. The van der Waals surface area contributed by atoms with Crippen LogP contribution in [0, 0.1) is 0 Å². The van der Waals surface area contributed by atoms with Gasteiger partial charge in [0, 0.05) is 30.6 Å². The Labute approximate surface area is 146 Å². The summed E-state index contributed by atoms with van der Waals surface area (Å²) in [6, 6.07) is 0. The fraction of sp³-hybridized carbons (Fsp3) is 0.611. The zero-order valence-electron chi connectivity index (χ0n) is 14.9.